The van der Waals surface area contributed by atoms with Crippen molar-refractivity contribution in [3.8, 4) is 0 Å². The van der Waals surface area contributed by atoms with Crippen LogP contribution < -0.4 is 5.32 Å². The van der Waals surface area contributed by atoms with E-state index in [1.54, 1.807) is 4.88 Å². The van der Waals surface area contributed by atoms with Gasteiger partial charge in [0, 0.05) is 21.2 Å². The first-order chi connectivity index (χ1) is 10.2. The van der Waals surface area contributed by atoms with Gasteiger partial charge in [0.1, 0.15) is 0 Å². The molecular formula is C19H19NS. The van der Waals surface area contributed by atoms with E-state index < -0.39 is 0 Å². The number of nitrogens with one attached hydrogen (secondary N) is 1. The zero-order chi connectivity index (χ0) is 14.4. The minimum atomic E-state index is 0.293. The standard InChI is InChI=1S/C19H19NS/c1-12-7-8-17(20-11-12)15-10-16-14-5-3-4-6-18(14)21-19(16)9-13(15)2/h3,5,7-11,17,20H,4,6H2,1-2H3. The molecule has 2 heteroatoms. The van der Waals surface area contributed by atoms with Gasteiger partial charge in [0.2, 0.25) is 0 Å². The molecule has 1 N–H and O–H groups in total. The van der Waals surface area contributed by atoms with Gasteiger partial charge in [-0.05, 0) is 61.1 Å². The average Bonchev–Trinajstić information content (AvgIpc) is 2.84. The summed E-state index contributed by atoms with van der Waals surface area (Å²) in [5.41, 5.74) is 5.50. The minimum Gasteiger partial charge on any atom is -0.380 e. The fourth-order valence-electron chi connectivity index (χ4n) is 3.22. The minimum absolute atomic E-state index is 0.293. The highest BCUT2D eigenvalue weighted by atomic mass is 32.1. The summed E-state index contributed by atoms with van der Waals surface area (Å²) in [6, 6.07) is 5.05. The number of dihydropyridines is 1. The van der Waals surface area contributed by atoms with Crippen molar-refractivity contribution in [2.24, 2.45) is 0 Å². The molecule has 1 aromatic heterocycles. The normalized spacial score (nSPS) is 20.3. The number of aryl methyl sites for hydroxylation is 2. The third kappa shape index (κ3) is 2.14. The molecule has 0 saturated carbocycles. The van der Waals surface area contributed by atoms with Gasteiger partial charge in [-0.25, -0.2) is 0 Å². The van der Waals surface area contributed by atoms with Crippen molar-refractivity contribution >= 4 is 27.5 Å². The number of allylic oxidation sites excluding steroid dienone is 3. The van der Waals surface area contributed by atoms with Gasteiger partial charge in [0.05, 0.1) is 6.04 Å². The largest absolute Gasteiger partial charge is 0.380 e. The molecule has 0 saturated heterocycles. The molecule has 1 nitrogen and oxygen atoms in total. The number of rotatable bonds is 1. The quantitative estimate of drug-likeness (QED) is 0.755. The molecule has 0 amide bonds. The third-order valence-corrected chi connectivity index (χ3v) is 5.62. The van der Waals surface area contributed by atoms with E-state index in [4.69, 9.17) is 0 Å². The van der Waals surface area contributed by atoms with Gasteiger partial charge in [-0.15, -0.1) is 11.3 Å². The lowest BCUT2D eigenvalue weighted by Gasteiger charge is -2.20. The van der Waals surface area contributed by atoms with E-state index >= 15 is 0 Å². The molecule has 2 aromatic rings. The van der Waals surface area contributed by atoms with Crippen LogP contribution in [0.25, 0.3) is 16.2 Å². The van der Waals surface area contributed by atoms with Crippen LogP contribution in [-0.2, 0) is 6.42 Å². The van der Waals surface area contributed by atoms with Crippen LogP contribution in [0, 0.1) is 6.92 Å². The second-order valence-electron chi connectivity index (χ2n) is 5.98. The first kappa shape index (κ1) is 12.9. The molecule has 21 heavy (non-hydrogen) atoms. The zero-order valence-electron chi connectivity index (χ0n) is 12.4. The molecule has 0 spiro atoms. The van der Waals surface area contributed by atoms with Gasteiger partial charge >= 0.3 is 0 Å². The topological polar surface area (TPSA) is 12.0 Å². The van der Waals surface area contributed by atoms with Crippen molar-refractivity contribution in [1.29, 1.82) is 0 Å². The van der Waals surface area contributed by atoms with E-state index in [0.29, 0.717) is 6.04 Å². The van der Waals surface area contributed by atoms with Crippen LogP contribution >= 0.6 is 11.3 Å². The summed E-state index contributed by atoms with van der Waals surface area (Å²) in [5.74, 6) is 0. The van der Waals surface area contributed by atoms with E-state index in [-0.39, 0.29) is 0 Å². The highest BCUT2D eigenvalue weighted by Crippen LogP contribution is 2.38. The third-order valence-electron chi connectivity index (χ3n) is 4.39. The molecule has 2 heterocycles. The highest BCUT2D eigenvalue weighted by molar-refractivity contribution is 7.19. The molecule has 2 aliphatic rings. The summed E-state index contributed by atoms with van der Waals surface area (Å²) in [6.45, 7) is 4.35. The van der Waals surface area contributed by atoms with E-state index in [0.717, 1.165) is 0 Å². The second-order valence-corrected chi connectivity index (χ2v) is 7.11. The van der Waals surface area contributed by atoms with Crippen LogP contribution in [0.15, 0.2) is 42.1 Å². The van der Waals surface area contributed by atoms with Crippen molar-refractivity contribution in [2.75, 3.05) is 0 Å². The van der Waals surface area contributed by atoms with Gasteiger partial charge < -0.3 is 5.32 Å². The Hall–Kier alpha value is -1.80. The molecule has 106 valence electrons. The van der Waals surface area contributed by atoms with E-state index in [1.807, 2.05) is 11.3 Å². The maximum Gasteiger partial charge on any atom is 0.0698 e. The Balaban J connectivity index is 1.85. The summed E-state index contributed by atoms with van der Waals surface area (Å²) in [7, 11) is 0. The van der Waals surface area contributed by atoms with Crippen LogP contribution in [0.3, 0.4) is 0 Å². The maximum atomic E-state index is 3.50. The number of benzene rings is 1. The number of hydrogen-bond donors (Lipinski definition) is 1. The SMILES string of the molecule is CC1=CNC(c2cc3c4c(sc3cc2C)CCC=C4)C=C1. The highest BCUT2D eigenvalue weighted by Gasteiger charge is 2.17. The molecule has 1 aliphatic carbocycles. The van der Waals surface area contributed by atoms with Crippen LogP contribution in [0.4, 0.5) is 0 Å². The summed E-state index contributed by atoms with van der Waals surface area (Å²) in [5, 5.41) is 4.92. The predicted octanol–water partition coefficient (Wildman–Crippen LogP) is 5.27. The summed E-state index contributed by atoms with van der Waals surface area (Å²) < 4.78 is 1.43. The molecule has 0 radical (unpaired) electrons. The lowest BCUT2D eigenvalue weighted by molar-refractivity contribution is 0.735. The fraction of sp³-hybridized carbons (Fsp3) is 0.263. The Morgan fingerprint density at radius 3 is 2.90 bits per heavy atom. The van der Waals surface area contributed by atoms with Crippen molar-refractivity contribution in [3.05, 3.63) is 63.7 Å². The molecule has 4 rings (SSSR count). The van der Waals surface area contributed by atoms with Crippen LogP contribution in [-0.4, -0.2) is 0 Å². The Labute approximate surface area is 129 Å². The zero-order valence-corrected chi connectivity index (χ0v) is 13.3. The maximum absolute atomic E-state index is 3.50. The van der Waals surface area contributed by atoms with Crippen molar-refractivity contribution in [1.82, 2.24) is 5.32 Å². The molecule has 1 atom stereocenters. The van der Waals surface area contributed by atoms with Crippen molar-refractivity contribution in [3.63, 3.8) is 0 Å². The Morgan fingerprint density at radius 2 is 2.10 bits per heavy atom. The van der Waals surface area contributed by atoms with Gasteiger partial charge in [-0.1, -0.05) is 24.3 Å². The predicted molar refractivity (Wildman–Crippen MR) is 92.7 cm³/mol. The van der Waals surface area contributed by atoms with Gasteiger partial charge in [0.25, 0.3) is 0 Å². The molecular weight excluding hydrogens is 274 g/mol. The molecule has 1 unspecified atom stereocenters. The van der Waals surface area contributed by atoms with Crippen LogP contribution in [0.2, 0.25) is 0 Å². The lowest BCUT2D eigenvalue weighted by atomic mass is 9.95. The number of fused-ring (bicyclic) bond motifs is 3. The summed E-state index contributed by atoms with van der Waals surface area (Å²) in [6.07, 6.45) is 13.6. The number of hydrogen-bond acceptors (Lipinski definition) is 2. The number of thiophene rings is 1. The lowest BCUT2D eigenvalue weighted by Crippen LogP contribution is -2.17. The molecule has 1 aromatic carbocycles. The van der Waals surface area contributed by atoms with Gasteiger partial charge in [0.15, 0.2) is 0 Å². The Bertz CT molecular complexity index is 805. The Kier molecular flexibility index (Phi) is 3.00. The van der Waals surface area contributed by atoms with Gasteiger partial charge in [-0.3, -0.25) is 0 Å². The fourth-order valence-corrected chi connectivity index (χ4v) is 4.50. The smallest absolute Gasteiger partial charge is 0.0698 e. The molecule has 0 bridgehead atoms. The van der Waals surface area contributed by atoms with Crippen LogP contribution in [0.5, 0.6) is 0 Å². The average molecular weight is 293 g/mol. The molecule has 1 aliphatic heterocycles. The van der Waals surface area contributed by atoms with Crippen LogP contribution in [0.1, 0.15) is 41.0 Å². The van der Waals surface area contributed by atoms with Crippen molar-refractivity contribution in [2.45, 2.75) is 32.7 Å². The Morgan fingerprint density at radius 1 is 1.19 bits per heavy atom. The van der Waals surface area contributed by atoms with E-state index in [2.05, 4.69) is 61.8 Å². The van der Waals surface area contributed by atoms with Gasteiger partial charge in [-0.2, -0.15) is 0 Å². The first-order valence-corrected chi connectivity index (χ1v) is 8.37. The van der Waals surface area contributed by atoms with Crippen molar-refractivity contribution < 1.29 is 0 Å². The van der Waals surface area contributed by atoms with E-state index in [9.17, 15) is 0 Å². The monoisotopic (exact) mass is 293 g/mol. The summed E-state index contributed by atoms with van der Waals surface area (Å²) >= 11 is 1.97. The second kappa shape index (κ2) is 4.88. The molecule has 0 fully saturated rings. The first-order valence-electron chi connectivity index (χ1n) is 7.56. The van der Waals surface area contributed by atoms with E-state index in [1.165, 1.54) is 45.2 Å². The summed E-state index contributed by atoms with van der Waals surface area (Å²) in [4.78, 5) is 1.55.